The molecule has 1 N–H and O–H groups in total. The lowest BCUT2D eigenvalue weighted by atomic mass is 9.91. The normalized spacial score (nSPS) is 14.0. The number of rotatable bonds is 4. The molecule has 0 amide bonds. The van der Waals surface area contributed by atoms with E-state index in [4.69, 9.17) is 4.42 Å². The number of fused-ring (bicyclic) bond motifs is 1. The number of nitrogens with zero attached hydrogens (tertiary/aromatic N) is 1. The fraction of sp³-hybridized carbons (Fsp3) is 0.158. The zero-order valence-electron chi connectivity index (χ0n) is 13.2. The summed E-state index contributed by atoms with van der Waals surface area (Å²) in [5.74, 6) is -2.34. The first-order chi connectivity index (χ1) is 12.3. The van der Waals surface area contributed by atoms with Gasteiger partial charge >= 0.3 is 6.18 Å². The summed E-state index contributed by atoms with van der Waals surface area (Å²) < 4.78 is 43.2. The van der Waals surface area contributed by atoms with Crippen molar-refractivity contribution < 1.29 is 27.5 Å². The topological polar surface area (TPSA) is 74.2 Å². The van der Waals surface area contributed by atoms with Crippen LogP contribution in [0.3, 0.4) is 0 Å². The first kappa shape index (κ1) is 17.7. The van der Waals surface area contributed by atoms with Crippen molar-refractivity contribution in [1.29, 1.82) is 5.26 Å². The number of carbonyl (C=O) groups is 1. The molecular weight excluding hydrogens is 347 g/mol. The molecule has 0 aliphatic rings. The van der Waals surface area contributed by atoms with Crippen molar-refractivity contribution in [2.75, 3.05) is 0 Å². The highest BCUT2D eigenvalue weighted by Gasteiger charge is 2.33. The number of Topliss-reactive ketones (excluding diaryl/α,β-unsaturated/α-hetero) is 1. The van der Waals surface area contributed by atoms with Gasteiger partial charge in [0, 0.05) is 5.39 Å². The number of hydrogen-bond acceptors (Lipinski definition) is 4. The van der Waals surface area contributed by atoms with Crippen molar-refractivity contribution in [3.63, 3.8) is 0 Å². The van der Waals surface area contributed by atoms with Gasteiger partial charge in [0.15, 0.2) is 5.76 Å². The number of furan rings is 1. The summed E-state index contributed by atoms with van der Waals surface area (Å²) in [7, 11) is 0. The third-order valence-electron chi connectivity index (χ3n) is 3.99. The van der Waals surface area contributed by atoms with E-state index in [-0.39, 0.29) is 11.3 Å². The molecule has 0 aliphatic carbocycles. The van der Waals surface area contributed by atoms with Gasteiger partial charge in [-0.15, -0.1) is 0 Å². The minimum atomic E-state index is -4.51. The van der Waals surface area contributed by atoms with E-state index in [9.17, 15) is 28.3 Å². The van der Waals surface area contributed by atoms with Gasteiger partial charge < -0.3 is 9.52 Å². The summed E-state index contributed by atoms with van der Waals surface area (Å²) in [6.45, 7) is 0. The second-order valence-electron chi connectivity index (χ2n) is 5.68. The molecule has 2 unspecified atom stereocenters. The van der Waals surface area contributed by atoms with E-state index in [1.165, 1.54) is 6.07 Å². The number of ketones is 1. The van der Waals surface area contributed by atoms with Gasteiger partial charge in [-0.1, -0.05) is 30.3 Å². The van der Waals surface area contributed by atoms with Crippen molar-refractivity contribution in [3.05, 3.63) is 71.5 Å². The molecule has 3 rings (SSSR count). The zero-order chi connectivity index (χ0) is 18.9. The van der Waals surface area contributed by atoms with E-state index < -0.39 is 29.5 Å². The summed E-state index contributed by atoms with van der Waals surface area (Å²) in [6, 6.07) is 13.7. The van der Waals surface area contributed by atoms with Crippen LogP contribution in [-0.2, 0) is 6.18 Å². The molecule has 2 atom stereocenters. The van der Waals surface area contributed by atoms with Crippen molar-refractivity contribution >= 4 is 16.8 Å². The van der Waals surface area contributed by atoms with Gasteiger partial charge in [-0.25, -0.2) is 0 Å². The fourth-order valence-corrected chi connectivity index (χ4v) is 2.59. The quantitative estimate of drug-likeness (QED) is 0.696. The molecule has 4 nitrogen and oxygen atoms in total. The zero-order valence-corrected chi connectivity index (χ0v) is 13.2. The van der Waals surface area contributed by atoms with Gasteiger partial charge in [0.25, 0.3) is 0 Å². The standard InChI is InChI=1S/C19H12F3NO3/c20-19(21,22)13-7-5-11(6-8-13)17(24)14(10-23)18(25)16-9-12-3-1-2-4-15(12)26-16/h1-9,14,17,24H. The van der Waals surface area contributed by atoms with Crippen LogP contribution in [0.5, 0.6) is 0 Å². The maximum atomic E-state index is 12.6. The molecule has 132 valence electrons. The Morgan fingerprint density at radius 3 is 2.35 bits per heavy atom. The van der Waals surface area contributed by atoms with Crippen LogP contribution in [0.15, 0.2) is 59.0 Å². The van der Waals surface area contributed by atoms with Crippen LogP contribution in [0.1, 0.15) is 27.8 Å². The number of aliphatic hydroxyl groups is 1. The molecule has 0 spiro atoms. The summed E-state index contributed by atoms with van der Waals surface area (Å²) in [5.41, 5.74) is -0.392. The predicted octanol–water partition coefficient (Wildman–Crippen LogP) is 4.51. The molecule has 0 radical (unpaired) electrons. The monoisotopic (exact) mass is 359 g/mol. The van der Waals surface area contributed by atoms with Crippen LogP contribution in [0.2, 0.25) is 0 Å². The lowest BCUT2D eigenvalue weighted by Crippen LogP contribution is -2.21. The summed E-state index contributed by atoms with van der Waals surface area (Å²) >= 11 is 0. The lowest BCUT2D eigenvalue weighted by Gasteiger charge is -2.16. The summed E-state index contributed by atoms with van der Waals surface area (Å²) in [6.07, 6.45) is -6.09. The number of alkyl halides is 3. The largest absolute Gasteiger partial charge is 0.453 e. The van der Waals surface area contributed by atoms with E-state index >= 15 is 0 Å². The first-order valence-corrected chi connectivity index (χ1v) is 7.59. The third-order valence-corrected chi connectivity index (χ3v) is 3.99. The van der Waals surface area contributed by atoms with Gasteiger partial charge in [-0.3, -0.25) is 4.79 Å². The summed E-state index contributed by atoms with van der Waals surface area (Å²) in [4.78, 5) is 12.5. The molecule has 0 fully saturated rings. The average molecular weight is 359 g/mol. The Balaban J connectivity index is 1.87. The van der Waals surface area contributed by atoms with Crippen molar-refractivity contribution in [2.24, 2.45) is 5.92 Å². The molecule has 0 saturated carbocycles. The Morgan fingerprint density at radius 1 is 1.12 bits per heavy atom. The van der Waals surface area contributed by atoms with Crippen LogP contribution in [0, 0.1) is 17.2 Å². The van der Waals surface area contributed by atoms with Crippen molar-refractivity contribution in [1.82, 2.24) is 0 Å². The van der Waals surface area contributed by atoms with E-state index in [0.29, 0.717) is 11.0 Å². The van der Waals surface area contributed by atoms with Crippen molar-refractivity contribution in [2.45, 2.75) is 12.3 Å². The maximum Gasteiger partial charge on any atom is 0.416 e. The molecule has 7 heteroatoms. The SMILES string of the molecule is N#CC(C(=O)c1cc2ccccc2o1)C(O)c1ccc(C(F)(F)F)cc1. The number of aliphatic hydroxyl groups excluding tert-OH is 1. The van der Waals surface area contributed by atoms with Crippen LogP contribution in [0.4, 0.5) is 13.2 Å². The average Bonchev–Trinajstić information content (AvgIpc) is 3.05. The molecule has 0 aliphatic heterocycles. The van der Waals surface area contributed by atoms with Gasteiger partial charge in [0.2, 0.25) is 5.78 Å². The molecular formula is C19H12F3NO3. The highest BCUT2D eigenvalue weighted by Crippen LogP contribution is 2.32. The maximum absolute atomic E-state index is 12.6. The van der Waals surface area contributed by atoms with Crippen LogP contribution in [0.25, 0.3) is 11.0 Å². The van der Waals surface area contributed by atoms with E-state index in [1.807, 2.05) is 0 Å². The van der Waals surface area contributed by atoms with Crippen LogP contribution in [-0.4, -0.2) is 10.9 Å². The number of nitriles is 1. The Bertz CT molecular complexity index is 951. The Kier molecular flexibility index (Phi) is 4.53. The number of halogens is 3. The minimum absolute atomic E-state index is 0.0361. The molecule has 1 aromatic heterocycles. The van der Waals surface area contributed by atoms with Crippen LogP contribution >= 0.6 is 0 Å². The summed E-state index contributed by atoms with van der Waals surface area (Å²) in [5, 5.41) is 20.3. The Morgan fingerprint density at radius 2 is 1.77 bits per heavy atom. The highest BCUT2D eigenvalue weighted by molar-refractivity contribution is 6.00. The number of hydrogen-bond donors (Lipinski definition) is 1. The highest BCUT2D eigenvalue weighted by atomic mass is 19.4. The minimum Gasteiger partial charge on any atom is -0.453 e. The Hall–Kier alpha value is -3.11. The van der Waals surface area contributed by atoms with E-state index in [0.717, 1.165) is 24.3 Å². The van der Waals surface area contributed by atoms with E-state index in [1.54, 1.807) is 30.3 Å². The number of para-hydroxylation sites is 1. The fourth-order valence-electron chi connectivity index (χ4n) is 2.59. The number of carbonyl (C=O) groups excluding carboxylic acids is 1. The van der Waals surface area contributed by atoms with Gasteiger partial charge in [0.05, 0.1) is 11.6 Å². The second kappa shape index (κ2) is 6.65. The van der Waals surface area contributed by atoms with Gasteiger partial charge in [0.1, 0.15) is 17.6 Å². The van der Waals surface area contributed by atoms with E-state index in [2.05, 4.69) is 0 Å². The van der Waals surface area contributed by atoms with Crippen molar-refractivity contribution in [3.8, 4) is 6.07 Å². The smallest absolute Gasteiger partial charge is 0.416 e. The van der Waals surface area contributed by atoms with Gasteiger partial charge in [-0.2, -0.15) is 18.4 Å². The molecule has 3 aromatic rings. The Labute approximate surface area is 146 Å². The number of benzene rings is 2. The second-order valence-corrected chi connectivity index (χ2v) is 5.68. The third kappa shape index (κ3) is 3.32. The molecule has 1 heterocycles. The van der Waals surface area contributed by atoms with Crippen LogP contribution < -0.4 is 0 Å². The molecule has 0 bridgehead atoms. The molecule has 26 heavy (non-hydrogen) atoms. The first-order valence-electron chi connectivity index (χ1n) is 7.59. The predicted molar refractivity (Wildman–Crippen MR) is 86.1 cm³/mol. The lowest BCUT2D eigenvalue weighted by molar-refractivity contribution is -0.137. The molecule has 2 aromatic carbocycles. The van der Waals surface area contributed by atoms with Gasteiger partial charge in [-0.05, 0) is 29.8 Å². The molecule has 0 saturated heterocycles.